The minimum atomic E-state index is -0.452. The van der Waals surface area contributed by atoms with Crippen molar-refractivity contribution in [3.8, 4) is 0 Å². The van der Waals surface area contributed by atoms with Crippen LogP contribution in [0.3, 0.4) is 0 Å². The Morgan fingerprint density at radius 3 is 3.06 bits per heavy atom. The summed E-state index contributed by atoms with van der Waals surface area (Å²) in [6.07, 6.45) is 3.17. The molecule has 0 spiro atoms. The van der Waals surface area contributed by atoms with Gasteiger partial charge >= 0.3 is 0 Å². The molecule has 2 N–H and O–H groups in total. The van der Waals surface area contributed by atoms with Crippen LogP contribution in [0.2, 0.25) is 0 Å². The SMILES string of the molecule is O=[N+]([O-])c1ccc2n[nH]c(C=CCO)c2c1. The molecule has 6 nitrogen and oxygen atoms in total. The molecule has 0 amide bonds. The third-order valence-electron chi connectivity index (χ3n) is 2.17. The molecule has 0 atom stereocenters. The molecule has 82 valence electrons. The summed E-state index contributed by atoms with van der Waals surface area (Å²) in [7, 11) is 0. The molecule has 0 unspecified atom stereocenters. The van der Waals surface area contributed by atoms with Crippen LogP contribution in [0.1, 0.15) is 5.69 Å². The molecule has 0 saturated heterocycles. The van der Waals surface area contributed by atoms with Crippen LogP contribution in [0.5, 0.6) is 0 Å². The number of non-ortho nitro benzene ring substituents is 1. The quantitative estimate of drug-likeness (QED) is 0.604. The number of nitro benzene ring substituents is 1. The van der Waals surface area contributed by atoms with E-state index in [9.17, 15) is 10.1 Å². The number of nitro groups is 1. The number of aromatic amines is 1. The second-order valence-corrected chi connectivity index (χ2v) is 3.18. The van der Waals surface area contributed by atoms with Gasteiger partial charge in [0.25, 0.3) is 5.69 Å². The van der Waals surface area contributed by atoms with E-state index < -0.39 is 4.92 Å². The zero-order chi connectivity index (χ0) is 11.5. The molecular formula is C10H9N3O3. The first kappa shape index (κ1) is 10.3. The van der Waals surface area contributed by atoms with Crippen LogP contribution in [-0.2, 0) is 0 Å². The van der Waals surface area contributed by atoms with Crippen LogP contribution < -0.4 is 0 Å². The van der Waals surface area contributed by atoms with Gasteiger partial charge in [-0.15, -0.1) is 0 Å². The van der Waals surface area contributed by atoms with Crippen LogP contribution in [0.4, 0.5) is 5.69 Å². The van der Waals surface area contributed by atoms with Crippen molar-refractivity contribution in [2.75, 3.05) is 6.61 Å². The molecule has 16 heavy (non-hydrogen) atoms. The zero-order valence-electron chi connectivity index (χ0n) is 8.25. The number of benzene rings is 1. The van der Waals surface area contributed by atoms with E-state index in [0.717, 1.165) is 0 Å². The van der Waals surface area contributed by atoms with Crippen LogP contribution in [0, 0.1) is 10.1 Å². The average molecular weight is 219 g/mol. The summed E-state index contributed by atoms with van der Waals surface area (Å²) in [5.41, 5.74) is 1.32. The molecule has 1 aromatic carbocycles. The minimum Gasteiger partial charge on any atom is -0.392 e. The first-order valence-corrected chi connectivity index (χ1v) is 4.62. The number of nitrogens with one attached hydrogen (secondary N) is 1. The fourth-order valence-electron chi connectivity index (χ4n) is 1.43. The summed E-state index contributed by atoms with van der Waals surface area (Å²) in [6, 6.07) is 4.44. The number of aliphatic hydroxyl groups is 1. The number of hydrogen-bond acceptors (Lipinski definition) is 4. The van der Waals surface area contributed by atoms with Crippen molar-refractivity contribution in [2.45, 2.75) is 0 Å². The van der Waals surface area contributed by atoms with Crippen LogP contribution >= 0.6 is 0 Å². The van der Waals surface area contributed by atoms with Crippen molar-refractivity contribution in [3.63, 3.8) is 0 Å². The highest BCUT2D eigenvalue weighted by molar-refractivity contribution is 5.88. The monoisotopic (exact) mass is 219 g/mol. The topological polar surface area (TPSA) is 92.0 Å². The van der Waals surface area contributed by atoms with E-state index in [4.69, 9.17) is 5.11 Å². The van der Waals surface area contributed by atoms with Gasteiger partial charge in [0.2, 0.25) is 0 Å². The molecule has 6 heteroatoms. The number of fused-ring (bicyclic) bond motifs is 1. The molecular weight excluding hydrogens is 210 g/mol. The van der Waals surface area contributed by atoms with E-state index in [1.54, 1.807) is 12.1 Å². The number of rotatable bonds is 3. The van der Waals surface area contributed by atoms with Crippen molar-refractivity contribution in [1.82, 2.24) is 10.2 Å². The molecule has 0 bridgehead atoms. The number of aliphatic hydroxyl groups excluding tert-OH is 1. The fraction of sp³-hybridized carbons (Fsp3) is 0.100. The summed E-state index contributed by atoms with van der Waals surface area (Å²) in [5, 5.41) is 26.7. The predicted molar refractivity (Wildman–Crippen MR) is 58.9 cm³/mol. The number of aromatic nitrogens is 2. The molecule has 0 aliphatic heterocycles. The molecule has 1 heterocycles. The van der Waals surface area contributed by atoms with E-state index >= 15 is 0 Å². The predicted octanol–water partition coefficient (Wildman–Crippen LogP) is 1.48. The normalized spacial score (nSPS) is 11.3. The highest BCUT2D eigenvalue weighted by Gasteiger charge is 2.09. The molecule has 0 aliphatic carbocycles. The van der Waals surface area contributed by atoms with E-state index in [-0.39, 0.29) is 12.3 Å². The number of hydrogen-bond donors (Lipinski definition) is 2. The third-order valence-corrected chi connectivity index (χ3v) is 2.17. The molecule has 2 aromatic rings. The maximum atomic E-state index is 10.6. The maximum absolute atomic E-state index is 10.6. The van der Waals surface area contributed by atoms with E-state index in [2.05, 4.69) is 10.2 Å². The molecule has 2 rings (SSSR count). The van der Waals surface area contributed by atoms with Gasteiger partial charge in [0.15, 0.2) is 0 Å². The minimum absolute atomic E-state index is 0.0209. The summed E-state index contributed by atoms with van der Waals surface area (Å²) in [6.45, 7) is -0.0879. The first-order valence-electron chi connectivity index (χ1n) is 4.62. The maximum Gasteiger partial charge on any atom is 0.270 e. The van der Waals surface area contributed by atoms with Crippen molar-refractivity contribution in [2.24, 2.45) is 0 Å². The molecule has 0 fully saturated rings. The highest BCUT2D eigenvalue weighted by Crippen LogP contribution is 2.22. The Morgan fingerprint density at radius 1 is 1.56 bits per heavy atom. The van der Waals surface area contributed by atoms with Gasteiger partial charge in [-0.1, -0.05) is 6.08 Å². The van der Waals surface area contributed by atoms with Crippen molar-refractivity contribution in [1.29, 1.82) is 0 Å². The van der Waals surface area contributed by atoms with Gasteiger partial charge in [-0.25, -0.2) is 0 Å². The Labute approximate surface area is 90.4 Å². The Morgan fingerprint density at radius 2 is 2.38 bits per heavy atom. The lowest BCUT2D eigenvalue weighted by Gasteiger charge is -1.92. The Balaban J connectivity index is 2.55. The van der Waals surface area contributed by atoms with E-state index in [1.165, 1.54) is 18.2 Å². The van der Waals surface area contributed by atoms with Gasteiger partial charge in [-0.05, 0) is 12.1 Å². The third kappa shape index (κ3) is 1.78. The lowest BCUT2D eigenvalue weighted by atomic mass is 10.2. The molecule has 1 aromatic heterocycles. The molecule has 0 saturated carbocycles. The van der Waals surface area contributed by atoms with Gasteiger partial charge in [0.1, 0.15) is 0 Å². The summed E-state index contributed by atoms with van der Waals surface area (Å²) in [5.74, 6) is 0. The average Bonchev–Trinajstić information content (AvgIpc) is 2.68. The molecule has 0 radical (unpaired) electrons. The highest BCUT2D eigenvalue weighted by atomic mass is 16.6. The number of nitrogens with zero attached hydrogens (tertiary/aromatic N) is 2. The van der Waals surface area contributed by atoms with Crippen LogP contribution in [0.15, 0.2) is 24.3 Å². The largest absolute Gasteiger partial charge is 0.392 e. The van der Waals surface area contributed by atoms with Crippen molar-refractivity contribution < 1.29 is 10.0 Å². The van der Waals surface area contributed by atoms with Gasteiger partial charge in [0.05, 0.1) is 22.7 Å². The number of H-pyrrole nitrogens is 1. The second kappa shape index (κ2) is 4.11. The first-order chi connectivity index (χ1) is 7.72. The zero-order valence-corrected chi connectivity index (χ0v) is 8.25. The van der Waals surface area contributed by atoms with E-state index in [1.807, 2.05) is 0 Å². The van der Waals surface area contributed by atoms with E-state index in [0.29, 0.717) is 16.6 Å². The van der Waals surface area contributed by atoms with Gasteiger partial charge < -0.3 is 5.11 Å². The van der Waals surface area contributed by atoms with Gasteiger partial charge in [-0.2, -0.15) is 5.10 Å². The standard InChI is InChI=1S/C10H9N3O3/c14-5-1-2-9-8-6-7(13(15)16)3-4-10(8)12-11-9/h1-4,6,14H,5H2,(H,11,12). The lowest BCUT2D eigenvalue weighted by Crippen LogP contribution is -1.86. The van der Waals surface area contributed by atoms with Crippen molar-refractivity contribution >= 4 is 22.7 Å². The summed E-state index contributed by atoms with van der Waals surface area (Å²) in [4.78, 5) is 10.2. The smallest absolute Gasteiger partial charge is 0.270 e. The lowest BCUT2D eigenvalue weighted by molar-refractivity contribution is -0.384. The summed E-state index contributed by atoms with van der Waals surface area (Å²) < 4.78 is 0. The fourth-order valence-corrected chi connectivity index (χ4v) is 1.43. The van der Waals surface area contributed by atoms with Crippen molar-refractivity contribution in [3.05, 3.63) is 40.1 Å². The molecule has 0 aliphatic rings. The Hall–Kier alpha value is -2.21. The van der Waals surface area contributed by atoms with Crippen LogP contribution in [-0.4, -0.2) is 26.8 Å². The summed E-state index contributed by atoms with van der Waals surface area (Å²) >= 11 is 0. The van der Waals surface area contributed by atoms with Gasteiger partial charge in [0, 0.05) is 17.5 Å². The Kier molecular flexibility index (Phi) is 2.65. The van der Waals surface area contributed by atoms with Crippen LogP contribution in [0.25, 0.3) is 17.0 Å². The van der Waals surface area contributed by atoms with Gasteiger partial charge in [-0.3, -0.25) is 15.2 Å². The second-order valence-electron chi connectivity index (χ2n) is 3.18. The Bertz CT molecular complexity index is 559.